The first-order valence-electron chi connectivity index (χ1n) is 4.67. The van der Waals surface area contributed by atoms with Gasteiger partial charge in [-0.2, -0.15) is 0 Å². The number of halogens is 2. The molecule has 0 radical (unpaired) electrons. The van der Waals surface area contributed by atoms with Gasteiger partial charge in [-0.25, -0.2) is 13.1 Å². The topological polar surface area (TPSA) is 92.4 Å². The Bertz CT molecular complexity index is 517. The molecule has 0 aliphatic heterocycles. The summed E-state index contributed by atoms with van der Waals surface area (Å²) in [7, 11) is -3.81. The second-order valence-corrected chi connectivity index (χ2v) is 5.99. The molecular formula is C9H12Cl2N2O3S. The van der Waals surface area contributed by atoms with E-state index in [-0.39, 0.29) is 27.2 Å². The van der Waals surface area contributed by atoms with Crippen molar-refractivity contribution in [3.8, 4) is 0 Å². The number of aliphatic hydroxyl groups excluding tert-OH is 1. The minimum absolute atomic E-state index is 0.00764. The summed E-state index contributed by atoms with van der Waals surface area (Å²) in [5.41, 5.74) is 5.54. The number of nitrogens with one attached hydrogen (secondary N) is 1. The van der Waals surface area contributed by atoms with Gasteiger partial charge in [0.2, 0.25) is 10.0 Å². The Labute approximate surface area is 110 Å². The molecule has 0 saturated carbocycles. The van der Waals surface area contributed by atoms with E-state index >= 15 is 0 Å². The quantitative estimate of drug-likeness (QED) is 0.729. The standard InChI is InChI=1S/C9H12Cl2N2O3S/c1-5(14)4-13-17(15,16)7-3-2-6(10)9(12)8(7)11/h2-3,5,13-14H,4,12H2,1H3. The molecule has 0 spiro atoms. The van der Waals surface area contributed by atoms with Gasteiger partial charge >= 0.3 is 0 Å². The lowest BCUT2D eigenvalue weighted by Gasteiger charge is -2.11. The van der Waals surface area contributed by atoms with E-state index in [1.807, 2.05) is 0 Å². The molecule has 0 heterocycles. The highest BCUT2D eigenvalue weighted by molar-refractivity contribution is 7.89. The van der Waals surface area contributed by atoms with Gasteiger partial charge in [-0.05, 0) is 19.1 Å². The lowest BCUT2D eigenvalue weighted by Crippen LogP contribution is -2.30. The van der Waals surface area contributed by atoms with E-state index in [1.165, 1.54) is 19.1 Å². The van der Waals surface area contributed by atoms with Crippen LogP contribution in [0.1, 0.15) is 6.92 Å². The molecule has 0 aliphatic carbocycles. The Balaban J connectivity index is 3.12. The number of hydrogen-bond acceptors (Lipinski definition) is 4. The van der Waals surface area contributed by atoms with E-state index in [9.17, 15) is 8.42 Å². The summed E-state index contributed by atoms with van der Waals surface area (Å²) in [5, 5.41) is 9.08. The van der Waals surface area contributed by atoms with E-state index in [4.69, 9.17) is 34.0 Å². The van der Waals surface area contributed by atoms with E-state index in [0.717, 1.165) is 0 Å². The van der Waals surface area contributed by atoms with Crippen LogP contribution in [0, 0.1) is 0 Å². The number of hydrogen-bond donors (Lipinski definition) is 3. The molecule has 0 fully saturated rings. The summed E-state index contributed by atoms with van der Waals surface area (Å²) in [6.07, 6.45) is -0.798. The predicted octanol–water partition coefficient (Wildman–Crippen LogP) is 1.23. The van der Waals surface area contributed by atoms with Crippen molar-refractivity contribution in [1.29, 1.82) is 0 Å². The van der Waals surface area contributed by atoms with Crippen molar-refractivity contribution in [1.82, 2.24) is 4.72 Å². The molecule has 0 amide bonds. The molecule has 1 aromatic rings. The lowest BCUT2D eigenvalue weighted by molar-refractivity contribution is 0.198. The van der Waals surface area contributed by atoms with Crippen LogP contribution in [0.25, 0.3) is 0 Å². The summed E-state index contributed by atoms with van der Waals surface area (Å²) in [6, 6.07) is 2.60. The summed E-state index contributed by atoms with van der Waals surface area (Å²) >= 11 is 11.5. The fraction of sp³-hybridized carbons (Fsp3) is 0.333. The molecule has 4 N–H and O–H groups in total. The fourth-order valence-corrected chi connectivity index (χ4v) is 2.95. The van der Waals surface area contributed by atoms with Crippen LogP contribution in [0.5, 0.6) is 0 Å². The highest BCUT2D eigenvalue weighted by Gasteiger charge is 2.20. The SMILES string of the molecule is CC(O)CNS(=O)(=O)c1ccc(Cl)c(N)c1Cl. The number of aliphatic hydroxyl groups is 1. The van der Waals surface area contributed by atoms with Crippen LogP contribution in [0.15, 0.2) is 17.0 Å². The molecule has 1 unspecified atom stereocenters. The average molecular weight is 299 g/mol. The van der Waals surface area contributed by atoms with Gasteiger partial charge in [0.05, 0.1) is 21.8 Å². The molecule has 0 aromatic heterocycles. The maximum atomic E-state index is 11.8. The second kappa shape index (κ2) is 5.41. The second-order valence-electron chi connectivity index (χ2n) is 3.47. The van der Waals surface area contributed by atoms with Crippen LogP contribution in [-0.4, -0.2) is 26.2 Å². The zero-order chi connectivity index (χ0) is 13.2. The van der Waals surface area contributed by atoms with Crippen LogP contribution in [0.4, 0.5) is 5.69 Å². The van der Waals surface area contributed by atoms with Gasteiger partial charge < -0.3 is 10.8 Å². The first-order chi connectivity index (χ1) is 7.75. The van der Waals surface area contributed by atoms with Crippen molar-refractivity contribution in [3.63, 3.8) is 0 Å². The van der Waals surface area contributed by atoms with Crippen LogP contribution < -0.4 is 10.5 Å². The maximum absolute atomic E-state index is 11.8. The first kappa shape index (κ1) is 14.5. The third-order valence-electron chi connectivity index (χ3n) is 1.95. The van der Waals surface area contributed by atoms with Gasteiger partial charge in [-0.1, -0.05) is 23.2 Å². The maximum Gasteiger partial charge on any atom is 0.242 e. The highest BCUT2D eigenvalue weighted by Crippen LogP contribution is 2.32. The van der Waals surface area contributed by atoms with Gasteiger partial charge in [0, 0.05) is 6.54 Å². The molecule has 0 saturated heterocycles. The molecule has 96 valence electrons. The minimum atomic E-state index is -3.81. The van der Waals surface area contributed by atoms with Crippen molar-refractivity contribution in [2.45, 2.75) is 17.9 Å². The number of anilines is 1. The van der Waals surface area contributed by atoms with Gasteiger partial charge in [0.15, 0.2) is 0 Å². The first-order valence-corrected chi connectivity index (χ1v) is 6.91. The van der Waals surface area contributed by atoms with Crippen LogP contribution in [0.2, 0.25) is 10.0 Å². The van der Waals surface area contributed by atoms with Crippen molar-refractivity contribution in [3.05, 3.63) is 22.2 Å². The smallest absolute Gasteiger partial charge is 0.242 e. The molecule has 1 rings (SSSR count). The summed E-state index contributed by atoms with van der Waals surface area (Å²) in [4.78, 5) is -0.165. The van der Waals surface area contributed by atoms with E-state index in [2.05, 4.69) is 4.72 Å². The van der Waals surface area contributed by atoms with Gasteiger partial charge in [0.1, 0.15) is 4.90 Å². The van der Waals surface area contributed by atoms with Gasteiger partial charge in [-0.15, -0.1) is 0 Å². The Morgan fingerprint density at radius 1 is 1.47 bits per heavy atom. The van der Waals surface area contributed by atoms with Crippen LogP contribution in [0.3, 0.4) is 0 Å². The molecule has 1 aromatic carbocycles. The van der Waals surface area contributed by atoms with E-state index in [0.29, 0.717) is 0 Å². The number of sulfonamides is 1. The van der Waals surface area contributed by atoms with E-state index < -0.39 is 16.1 Å². The van der Waals surface area contributed by atoms with Crippen LogP contribution >= 0.6 is 23.2 Å². The fourth-order valence-electron chi connectivity index (χ4n) is 1.06. The summed E-state index contributed by atoms with van der Waals surface area (Å²) in [5.74, 6) is 0. The largest absolute Gasteiger partial charge is 0.396 e. The zero-order valence-electron chi connectivity index (χ0n) is 8.94. The summed E-state index contributed by atoms with van der Waals surface area (Å²) < 4.78 is 25.8. The average Bonchev–Trinajstić information content (AvgIpc) is 2.23. The Morgan fingerprint density at radius 2 is 2.06 bits per heavy atom. The normalized spacial score (nSPS) is 13.6. The number of nitrogen functional groups attached to an aromatic ring is 1. The summed E-state index contributed by atoms with van der Waals surface area (Å²) in [6.45, 7) is 1.35. The number of rotatable bonds is 4. The van der Waals surface area contributed by atoms with Crippen molar-refractivity contribution >= 4 is 38.9 Å². The number of benzene rings is 1. The Hall–Kier alpha value is -0.530. The molecule has 5 nitrogen and oxygen atoms in total. The van der Waals surface area contributed by atoms with Crippen LogP contribution in [-0.2, 0) is 10.0 Å². The third-order valence-corrected chi connectivity index (χ3v) is 4.26. The van der Waals surface area contributed by atoms with Crippen molar-refractivity contribution in [2.24, 2.45) is 0 Å². The van der Waals surface area contributed by atoms with Gasteiger partial charge in [0.25, 0.3) is 0 Å². The van der Waals surface area contributed by atoms with Gasteiger partial charge in [-0.3, -0.25) is 0 Å². The molecule has 1 atom stereocenters. The van der Waals surface area contributed by atoms with Crippen molar-refractivity contribution < 1.29 is 13.5 Å². The van der Waals surface area contributed by atoms with E-state index in [1.54, 1.807) is 0 Å². The highest BCUT2D eigenvalue weighted by atomic mass is 35.5. The Morgan fingerprint density at radius 3 is 2.59 bits per heavy atom. The predicted molar refractivity (Wildman–Crippen MR) is 67.7 cm³/mol. The zero-order valence-corrected chi connectivity index (χ0v) is 11.3. The monoisotopic (exact) mass is 298 g/mol. The molecule has 0 bridgehead atoms. The molecular weight excluding hydrogens is 287 g/mol. The number of nitrogens with two attached hydrogens (primary N) is 1. The lowest BCUT2D eigenvalue weighted by atomic mass is 10.3. The molecule has 8 heteroatoms. The molecule has 17 heavy (non-hydrogen) atoms. The Kier molecular flexibility index (Phi) is 4.62. The van der Waals surface area contributed by atoms with Crippen molar-refractivity contribution in [2.75, 3.05) is 12.3 Å². The third kappa shape index (κ3) is 3.46. The molecule has 0 aliphatic rings. The minimum Gasteiger partial charge on any atom is -0.396 e.